The van der Waals surface area contributed by atoms with Crippen molar-refractivity contribution in [3.05, 3.63) is 63.8 Å². The molecule has 0 aliphatic heterocycles. The Morgan fingerprint density at radius 2 is 1.96 bits per heavy atom. The van der Waals surface area contributed by atoms with Crippen LogP contribution in [0, 0.1) is 13.8 Å². The summed E-state index contributed by atoms with van der Waals surface area (Å²) in [5, 5.41) is 6.76. The van der Waals surface area contributed by atoms with Crippen molar-refractivity contribution in [3.63, 3.8) is 0 Å². The molecule has 0 saturated heterocycles. The first-order chi connectivity index (χ1) is 13.5. The molecular formula is C20H22N4O4. The molecule has 1 N–H and O–H groups in total. The number of benzene rings is 1. The number of rotatable bonds is 7. The van der Waals surface area contributed by atoms with Crippen LogP contribution >= 0.6 is 0 Å². The number of pyridine rings is 1. The van der Waals surface area contributed by atoms with Crippen LogP contribution < -0.4 is 10.9 Å². The molecule has 8 heteroatoms. The molecule has 0 aliphatic rings. The average Bonchev–Trinajstić information content (AvgIpc) is 3.14. The standard InChI is InChI=1S/C20H22N4O4/c1-13-5-4-6-14(2)19(13)22-17(25)12-24-11-15(7-8-18(24)26)20-21-16(23-28-20)9-10-27-3/h4-8,11H,9-10,12H2,1-3H3,(H,22,25). The van der Waals surface area contributed by atoms with E-state index in [1.807, 2.05) is 32.0 Å². The lowest BCUT2D eigenvalue weighted by Gasteiger charge is -2.12. The second-order valence-electron chi connectivity index (χ2n) is 6.46. The van der Waals surface area contributed by atoms with E-state index in [0.717, 1.165) is 16.8 Å². The van der Waals surface area contributed by atoms with Crippen molar-refractivity contribution in [3.8, 4) is 11.5 Å². The molecule has 28 heavy (non-hydrogen) atoms. The highest BCUT2D eigenvalue weighted by Crippen LogP contribution is 2.19. The van der Waals surface area contributed by atoms with Gasteiger partial charge in [-0.2, -0.15) is 4.98 Å². The first-order valence-electron chi connectivity index (χ1n) is 8.86. The molecule has 3 rings (SSSR count). The van der Waals surface area contributed by atoms with Gasteiger partial charge in [-0.05, 0) is 31.0 Å². The number of hydrogen-bond acceptors (Lipinski definition) is 6. The van der Waals surface area contributed by atoms with Crippen molar-refractivity contribution in [1.82, 2.24) is 14.7 Å². The van der Waals surface area contributed by atoms with E-state index in [4.69, 9.17) is 9.26 Å². The number of amides is 1. The van der Waals surface area contributed by atoms with E-state index in [2.05, 4.69) is 15.5 Å². The van der Waals surface area contributed by atoms with Crippen LogP contribution in [0.15, 0.2) is 45.8 Å². The third-order valence-corrected chi connectivity index (χ3v) is 4.29. The van der Waals surface area contributed by atoms with Crippen molar-refractivity contribution < 1.29 is 14.1 Å². The largest absolute Gasteiger partial charge is 0.384 e. The van der Waals surface area contributed by atoms with Gasteiger partial charge in [-0.25, -0.2) is 0 Å². The van der Waals surface area contributed by atoms with E-state index >= 15 is 0 Å². The molecule has 2 heterocycles. The maximum atomic E-state index is 12.5. The monoisotopic (exact) mass is 382 g/mol. The minimum atomic E-state index is -0.292. The SMILES string of the molecule is COCCc1noc(-c2ccc(=O)n(CC(=O)Nc3c(C)cccc3C)c2)n1. The zero-order valence-electron chi connectivity index (χ0n) is 16.1. The van der Waals surface area contributed by atoms with Crippen LogP contribution in [0.2, 0.25) is 0 Å². The number of hydrogen-bond donors (Lipinski definition) is 1. The maximum Gasteiger partial charge on any atom is 0.259 e. The van der Waals surface area contributed by atoms with E-state index in [9.17, 15) is 9.59 Å². The Labute approximate surface area is 162 Å². The van der Waals surface area contributed by atoms with Gasteiger partial charge in [0.15, 0.2) is 5.82 Å². The van der Waals surface area contributed by atoms with Crippen LogP contribution in [0.3, 0.4) is 0 Å². The third-order valence-electron chi connectivity index (χ3n) is 4.29. The van der Waals surface area contributed by atoms with Crippen molar-refractivity contribution in [2.45, 2.75) is 26.8 Å². The zero-order chi connectivity index (χ0) is 20.1. The molecule has 3 aromatic rings. The van der Waals surface area contributed by atoms with E-state index in [1.54, 1.807) is 19.4 Å². The Bertz CT molecular complexity index is 1020. The van der Waals surface area contributed by atoms with E-state index in [-0.39, 0.29) is 23.9 Å². The van der Waals surface area contributed by atoms with Crippen LogP contribution in [-0.2, 0) is 22.5 Å². The molecule has 0 unspecified atom stereocenters. The van der Waals surface area contributed by atoms with Crippen molar-refractivity contribution in [1.29, 1.82) is 0 Å². The van der Waals surface area contributed by atoms with Gasteiger partial charge in [0.2, 0.25) is 5.91 Å². The van der Waals surface area contributed by atoms with Gasteiger partial charge in [-0.1, -0.05) is 23.4 Å². The molecule has 0 saturated carbocycles. The average molecular weight is 382 g/mol. The number of ether oxygens (including phenoxy) is 1. The second-order valence-corrected chi connectivity index (χ2v) is 6.46. The van der Waals surface area contributed by atoms with Gasteiger partial charge in [0.25, 0.3) is 11.4 Å². The Morgan fingerprint density at radius 3 is 2.68 bits per heavy atom. The molecule has 2 aromatic heterocycles. The van der Waals surface area contributed by atoms with Gasteiger partial charge in [0, 0.05) is 31.5 Å². The summed E-state index contributed by atoms with van der Waals surface area (Å²) < 4.78 is 11.6. The molecule has 146 valence electrons. The maximum absolute atomic E-state index is 12.5. The first kappa shape index (κ1) is 19.5. The highest BCUT2D eigenvalue weighted by molar-refractivity contribution is 5.92. The molecule has 0 spiro atoms. The minimum Gasteiger partial charge on any atom is -0.384 e. The molecule has 0 bridgehead atoms. The van der Waals surface area contributed by atoms with Gasteiger partial charge in [0.05, 0.1) is 12.2 Å². The number of carbonyl (C=O) groups excluding carboxylic acids is 1. The number of methoxy groups -OCH3 is 1. The molecule has 1 aromatic carbocycles. The lowest BCUT2D eigenvalue weighted by Crippen LogP contribution is -2.27. The van der Waals surface area contributed by atoms with Gasteiger partial charge in [-0.15, -0.1) is 0 Å². The van der Waals surface area contributed by atoms with Gasteiger partial charge >= 0.3 is 0 Å². The second kappa shape index (κ2) is 8.62. The molecule has 1 amide bonds. The van der Waals surface area contributed by atoms with E-state index < -0.39 is 0 Å². The fourth-order valence-corrected chi connectivity index (χ4v) is 2.79. The summed E-state index contributed by atoms with van der Waals surface area (Å²) >= 11 is 0. The van der Waals surface area contributed by atoms with Crippen molar-refractivity contribution >= 4 is 11.6 Å². The topological polar surface area (TPSA) is 99.3 Å². The first-order valence-corrected chi connectivity index (χ1v) is 8.86. The summed E-state index contributed by atoms with van der Waals surface area (Å²) in [6, 6.07) is 8.74. The fraction of sp³-hybridized carbons (Fsp3) is 0.300. The number of aromatic nitrogens is 3. The number of para-hydroxylation sites is 1. The Hall–Kier alpha value is -3.26. The van der Waals surface area contributed by atoms with E-state index in [1.165, 1.54) is 10.6 Å². The highest BCUT2D eigenvalue weighted by atomic mass is 16.5. The van der Waals surface area contributed by atoms with Gasteiger partial charge in [-0.3, -0.25) is 9.59 Å². The normalized spacial score (nSPS) is 10.8. The van der Waals surface area contributed by atoms with Crippen LogP contribution in [0.1, 0.15) is 17.0 Å². The predicted molar refractivity (Wildman–Crippen MR) is 104 cm³/mol. The predicted octanol–water partition coefficient (Wildman–Crippen LogP) is 2.34. The van der Waals surface area contributed by atoms with E-state index in [0.29, 0.717) is 24.4 Å². The molecule has 0 atom stereocenters. The molecular weight excluding hydrogens is 360 g/mol. The summed E-state index contributed by atoms with van der Waals surface area (Å²) in [6.07, 6.45) is 2.07. The highest BCUT2D eigenvalue weighted by Gasteiger charge is 2.13. The van der Waals surface area contributed by atoms with Crippen LogP contribution in [0.25, 0.3) is 11.5 Å². The Morgan fingerprint density at radius 1 is 1.21 bits per heavy atom. The minimum absolute atomic E-state index is 0.120. The van der Waals surface area contributed by atoms with Crippen molar-refractivity contribution in [2.24, 2.45) is 0 Å². The summed E-state index contributed by atoms with van der Waals surface area (Å²) in [5.41, 5.74) is 2.96. The summed E-state index contributed by atoms with van der Waals surface area (Å²) in [4.78, 5) is 28.9. The molecule has 0 aliphatic carbocycles. The fourth-order valence-electron chi connectivity index (χ4n) is 2.79. The number of carbonyl (C=O) groups is 1. The number of anilines is 1. The quantitative estimate of drug-likeness (QED) is 0.673. The van der Waals surface area contributed by atoms with Crippen molar-refractivity contribution in [2.75, 3.05) is 19.0 Å². The van der Waals surface area contributed by atoms with Crippen LogP contribution in [-0.4, -0.2) is 34.3 Å². The summed E-state index contributed by atoms with van der Waals surface area (Å²) in [6.45, 7) is 4.21. The molecule has 8 nitrogen and oxygen atoms in total. The van der Waals surface area contributed by atoms with Crippen LogP contribution in [0.5, 0.6) is 0 Å². The lowest BCUT2D eigenvalue weighted by molar-refractivity contribution is -0.116. The molecule has 0 fully saturated rings. The number of nitrogens with zero attached hydrogens (tertiary/aromatic N) is 3. The van der Waals surface area contributed by atoms with Gasteiger partial charge < -0.3 is 19.1 Å². The summed E-state index contributed by atoms with van der Waals surface area (Å²) in [7, 11) is 1.60. The smallest absolute Gasteiger partial charge is 0.259 e. The number of aryl methyl sites for hydroxylation is 2. The Balaban J connectivity index is 1.77. The Kier molecular flexibility index (Phi) is 6.00. The summed E-state index contributed by atoms with van der Waals surface area (Å²) in [5.74, 6) is 0.514. The number of nitrogens with one attached hydrogen (secondary N) is 1. The zero-order valence-corrected chi connectivity index (χ0v) is 16.1. The molecule has 0 radical (unpaired) electrons. The lowest BCUT2D eigenvalue weighted by atomic mass is 10.1. The third kappa shape index (κ3) is 4.52. The van der Waals surface area contributed by atoms with Crippen LogP contribution in [0.4, 0.5) is 5.69 Å². The van der Waals surface area contributed by atoms with Gasteiger partial charge in [0.1, 0.15) is 6.54 Å².